The number of nitrogens with zero attached hydrogens (tertiary/aromatic N) is 1. The maximum Gasteiger partial charge on any atom is 0.417 e. The number of hydrogen-bond donors (Lipinski definition) is 2. The lowest BCUT2D eigenvalue weighted by atomic mass is 9.93. The highest BCUT2D eigenvalue weighted by atomic mass is 79.9. The fourth-order valence-electron chi connectivity index (χ4n) is 4.17. The molecule has 1 saturated heterocycles. The Morgan fingerprint density at radius 3 is 2.50 bits per heavy atom. The number of ketones is 1. The molecule has 5 atom stereocenters. The third kappa shape index (κ3) is 6.58. The Labute approximate surface area is 218 Å². The summed E-state index contributed by atoms with van der Waals surface area (Å²) in [4.78, 5) is 39.6. The van der Waals surface area contributed by atoms with Crippen LogP contribution in [0.15, 0.2) is 40.9 Å². The monoisotopic (exact) mass is 569 g/mol. The highest BCUT2D eigenvalue weighted by molar-refractivity contribution is 9.11. The highest BCUT2D eigenvalue weighted by Gasteiger charge is 2.49. The number of hydrogen-bond acceptors (Lipinski definition) is 9. The van der Waals surface area contributed by atoms with Crippen LogP contribution >= 0.6 is 15.9 Å². The molecule has 2 aliphatic rings. The smallest absolute Gasteiger partial charge is 0.417 e. The van der Waals surface area contributed by atoms with Gasteiger partial charge in [0.15, 0.2) is 11.6 Å². The molecule has 2 amide bonds. The summed E-state index contributed by atoms with van der Waals surface area (Å²) in [5.74, 6) is -3.99. The van der Waals surface area contributed by atoms with Gasteiger partial charge in [-0.05, 0) is 40.9 Å². The van der Waals surface area contributed by atoms with E-state index < -0.39 is 47.7 Å². The van der Waals surface area contributed by atoms with Crippen molar-refractivity contribution in [2.45, 2.75) is 50.7 Å². The molecule has 11 heteroatoms. The number of aliphatic hydroxyl groups excluding tert-OH is 1. The van der Waals surface area contributed by atoms with Gasteiger partial charge >= 0.3 is 6.09 Å². The average Bonchev–Trinajstić information content (AvgIpc) is 3.16. The van der Waals surface area contributed by atoms with Crippen molar-refractivity contribution in [3.8, 4) is 0 Å². The Morgan fingerprint density at radius 2 is 1.83 bits per heavy atom. The van der Waals surface area contributed by atoms with Gasteiger partial charge in [0, 0.05) is 13.0 Å². The Kier molecular flexibility index (Phi) is 10.2. The van der Waals surface area contributed by atoms with Gasteiger partial charge in [0.05, 0.1) is 42.9 Å². The van der Waals surface area contributed by atoms with Gasteiger partial charge in [-0.25, -0.2) is 9.69 Å². The Balaban J connectivity index is 1.61. The van der Waals surface area contributed by atoms with E-state index in [1.54, 1.807) is 6.92 Å². The number of halogens is 1. The highest BCUT2D eigenvalue weighted by Crippen LogP contribution is 2.38. The van der Waals surface area contributed by atoms with E-state index in [1.807, 2.05) is 30.3 Å². The van der Waals surface area contributed by atoms with Crippen LogP contribution in [0.4, 0.5) is 4.79 Å². The summed E-state index contributed by atoms with van der Waals surface area (Å²) in [6, 6.07) is 8.52. The molecule has 36 heavy (non-hydrogen) atoms. The minimum Gasteiger partial charge on any atom is -0.439 e. The van der Waals surface area contributed by atoms with Gasteiger partial charge in [-0.1, -0.05) is 37.3 Å². The van der Waals surface area contributed by atoms with Crippen LogP contribution in [0.3, 0.4) is 0 Å². The van der Waals surface area contributed by atoms with Crippen LogP contribution in [-0.2, 0) is 28.5 Å². The molecule has 0 bridgehead atoms. The minimum atomic E-state index is -1.83. The molecule has 2 N–H and O–H groups in total. The van der Waals surface area contributed by atoms with Crippen LogP contribution in [0.1, 0.15) is 38.4 Å². The molecule has 10 nitrogen and oxygen atoms in total. The average molecular weight is 570 g/mol. The third-order valence-electron chi connectivity index (χ3n) is 6.14. The second-order valence-corrected chi connectivity index (χ2v) is 9.58. The number of imide groups is 1. The van der Waals surface area contributed by atoms with Gasteiger partial charge in [-0.2, -0.15) is 0 Å². The molecule has 2 heterocycles. The van der Waals surface area contributed by atoms with Crippen LogP contribution in [0.2, 0.25) is 0 Å². The largest absolute Gasteiger partial charge is 0.439 e. The first-order valence-corrected chi connectivity index (χ1v) is 12.7. The number of carbonyl (C=O) groups is 3. The molecule has 0 aliphatic carbocycles. The molecule has 0 saturated carbocycles. The van der Waals surface area contributed by atoms with Gasteiger partial charge in [0.25, 0.3) is 0 Å². The molecule has 2 aliphatic heterocycles. The summed E-state index contributed by atoms with van der Waals surface area (Å²) < 4.78 is 21.9. The zero-order chi connectivity index (χ0) is 26.3. The molecule has 5 unspecified atom stereocenters. The number of aliphatic hydroxyl groups is 2. The molecular weight excluding hydrogens is 538 g/mol. The summed E-state index contributed by atoms with van der Waals surface area (Å²) >= 11 is 3.21. The van der Waals surface area contributed by atoms with E-state index in [4.69, 9.17) is 24.1 Å². The SMILES string of the molecule is CC(C(=O)N1C(=O)OC(c2ccccc2)C1C)C1OC(O)(CCCOCCOCCO)C(Br)=CC1=O. The van der Waals surface area contributed by atoms with Gasteiger partial charge in [0.1, 0.15) is 12.2 Å². The second kappa shape index (κ2) is 12.9. The van der Waals surface area contributed by atoms with Gasteiger partial charge in [-0.3, -0.25) is 9.59 Å². The van der Waals surface area contributed by atoms with Crippen molar-refractivity contribution in [3.05, 3.63) is 46.5 Å². The predicted octanol–water partition coefficient (Wildman–Crippen LogP) is 2.47. The van der Waals surface area contributed by atoms with Crippen molar-refractivity contribution in [2.24, 2.45) is 5.92 Å². The zero-order valence-corrected chi connectivity index (χ0v) is 21.9. The number of rotatable bonds is 12. The van der Waals surface area contributed by atoms with Crippen LogP contribution in [-0.4, -0.2) is 83.9 Å². The molecule has 1 fully saturated rings. The van der Waals surface area contributed by atoms with Crippen molar-refractivity contribution < 1.29 is 43.5 Å². The lowest BCUT2D eigenvalue weighted by Gasteiger charge is -2.37. The van der Waals surface area contributed by atoms with Gasteiger partial charge in [-0.15, -0.1) is 0 Å². The van der Waals surface area contributed by atoms with Crippen molar-refractivity contribution in [1.82, 2.24) is 4.90 Å². The fraction of sp³-hybridized carbons (Fsp3) is 0.560. The lowest BCUT2D eigenvalue weighted by Crippen LogP contribution is -2.52. The normalized spacial score (nSPS) is 27.1. The summed E-state index contributed by atoms with van der Waals surface area (Å²) in [5.41, 5.74) is 0.759. The quantitative estimate of drug-likeness (QED) is 0.364. The molecule has 0 spiro atoms. The van der Waals surface area contributed by atoms with Gasteiger partial charge in [0.2, 0.25) is 5.91 Å². The first-order chi connectivity index (χ1) is 17.2. The van der Waals surface area contributed by atoms with Crippen molar-refractivity contribution >= 4 is 33.7 Å². The predicted molar refractivity (Wildman–Crippen MR) is 131 cm³/mol. The first kappa shape index (κ1) is 28.4. The fourth-order valence-corrected chi connectivity index (χ4v) is 4.68. The van der Waals surface area contributed by atoms with E-state index in [-0.39, 0.29) is 24.1 Å². The molecule has 0 aromatic heterocycles. The van der Waals surface area contributed by atoms with E-state index in [0.29, 0.717) is 26.2 Å². The van der Waals surface area contributed by atoms with Crippen LogP contribution < -0.4 is 0 Å². The van der Waals surface area contributed by atoms with E-state index in [9.17, 15) is 19.5 Å². The summed E-state index contributed by atoms with van der Waals surface area (Å²) in [5, 5.41) is 19.8. The van der Waals surface area contributed by atoms with Crippen molar-refractivity contribution in [3.63, 3.8) is 0 Å². The van der Waals surface area contributed by atoms with Crippen LogP contribution in [0.5, 0.6) is 0 Å². The Bertz CT molecular complexity index is 956. The van der Waals surface area contributed by atoms with E-state index in [0.717, 1.165) is 10.5 Å². The number of ether oxygens (including phenoxy) is 4. The lowest BCUT2D eigenvalue weighted by molar-refractivity contribution is -0.217. The van der Waals surface area contributed by atoms with Crippen LogP contribution in [0.25, 0.3) is 0 Å². The molecule has 198 valence electrons. The van der Waals surface area contributed by atoms with E-state index >= 15 is 0 Å². The maximum atomic E-state index is 13.3. The van der Waals surface area contributed by atoms with E-state index in [2.05, 4.69) is 15.9 Å². The molecule has 1 aromatic rings. The molecule has 0 radical (unpaired) electrons. The summed E-state index contributed by atoms with van der Waals surface area (Å²) in [6.45, 7) is 4.35. The number of cyclic esters (lactones) is 1. The maximum absolute atomic E-state index is 13.3. The number of carbonyl (C=O) groups excluding carboxylic acids is 3. The first-order valence-electron chi connectivity index (χ1n) is 11.9. The summed E-state index contributed by atoms with van der Waals surface area (Å²) in [6.07, 6.45) is -0.990. The molecule has 1 aromatic carbocycles. The standard InChI is InChI=1S/C25H32BrNO9/c1-16(23(30)27-17(2)22(35-24(27)31)18-7-4-3-5-8-18)21-19(29)15-20(26)25(32,36-21)9-6-11-33-13-14-34-12-10-28/h3-5,7-8,15-17,21-22,28,32H,6,9-14H2,1-2H3. The van der Waals surface area contributed by atoms with Gasteiger partial charge < -0.3 is 29.2 Å². The van der Waals surface area contributed by atoms with E-state index in [1.165, 1.54) is 13.0 Å². The molecular formula is C25H32BrNO9. The summed E-state index contributed by atoms with van der Waals surface area (Å²) in [7, 11) is 0. The Hall–Kier alpha value is -2.15. The number of benzene rings is 1. The third-order valence-corrected chi connectivity index (χ3v) is 6.98. The minimum absolute atomic E-state index is 0.0585. The van der Waals surface area contributed by atoms with Crippen molar-refractivity contribution in [1.29, 1.82) is 0 Å². The van der Waals surface area contributed by atoms with Crippen molar-refractivity contribution in [2.75, 3.05) is 33.0 Å². The second-order valence-electron chi connectivity index (χ2n) is 8.72. The number of amides is 2. The topological polar surface area (TPSA) is 132 Å². The Morgan fingerprint density at radius 1 is 1.17 bits per heavy atom. The molecule has 3 rings (SSSR count). The van der Waals surface area contributed by atoms with Crippen LogP contribution in [0, 0.1) is 5.92 Å². The zero-order valence-electron chi connectivity index (χ0n) is 20.3.